The van der Waals surface area contributed by atoms with Gasteiger partial charge in [0.05, 0.1) is 6.54 Å². The minimum Gasteiger partial charge on any atom is -0.340 e. The van der Waals surface area contributed by atoms with Gasteiger partial charge in [-0.1, -0.05) is 36.3 Å². The molecular weight excluding hydrogens is 318 g/mol. The van der Waals surface area contributed by atoms with Crippen molar-refractivity contribution in [1.82, 2.24) is 25.7 Å². The topological polar surface area (TPSA) is 83.3 Å². The quantitative estimate of drug-likeness (QED) is 0.838. The van der Waals surface area contributed by atoms with Gasteiger partial charge < -0.3 is 15.2 Å². The van der Waals surface area contributed by atoms with Crippen molar-refractivity contribution in [2.75, 3.05) is 13.1 Å². The maximum Gasteiger partial charge on any atom is 0.315 e. The highest BCUT2D eigenvalue weighted by molar-refractivity contribution is 5.73. The van der Waals surface area contributed by atoms with Gasteiger partial charge in [-0.3, -0.25) is 4.90 Å². The largest absolute Gasteiger partial charge is 0.340 e. The molecule has 134 valence electrons. The van der Waals surface area contributed by atoms with Gasteiger partial charge in [-0.25, -0.2) is 4.79 Å². The molecule has 2 heterocycles. The first-order valence-corrected chi connectivity index (χ1v) is 8.77. The number of fused-ring (bicyclic) bond motifs is 1. The lowest BCUT2D eigenvalue weighted by Crippen LogP contribution is -2.47. The average molecular weight is 343 g/mol. The zero-order valence-electron chi connectivity index (χ0n) is 14.8. The molecule has 2 aromatic rings. The van der Waals surface area contributed by atoms with Gasteiger partial charge in [0, 0.05) is 32.6 Å². The normalized spacial score (nSPS) is 15.4. The van der Waals surface area contributed by atoms with E-state index < -0.39 is 0 Å². The maximum absolute atomic E-state index is 12.0. The van der Waals surface area contributed by atoms with E-state index in [1.807, 2.05) is 0 Å². The number of nitrogens with zero attached hydrogens (tertiary/aromatic N) is 3. The highest BCUT2D eigenvalue weighted by atomic mass is 16.5. The summed E-state index contributed by atoms with van der Waals surface area (Å²) < 4.78 is 4.88. The highest BCUT2D eigenvalue weighted by Gasteiger charge is 2.22. The Kier molecular flexibility index (Phi) is 5.65. The van der Waals surface area contributed by atoms with E-state index in [1.165, 1.54) is 11.1 Å². The first-order chi connectivity index (χ1) is 12.2. The number of carbonyl (C=O) groups is 1. The Morgan fingerprint density at radius 3 is 2.84 bits per heavy atom. The number of aromatic nitrogens is 2. The number of amides is 2. The lowest BCUT2D eigenvalue weighted by molar-refractivity contribution is 0.169. The van der Waals surface area contributed by atoms with E-state index in [2.05, 4.69) is 56.9 Å². The van der Waals surface area contributed by atoms with Gasteiger partial charge in [0.15, 0.2) is 5.82 Å². The fourth-order valence-electron chi connectivity index (χ4n) is 3.21. The predicted molar refractivity (Wildman–Crippen MR) is 93.9 cm³/mol. The van der Waals surface area contributed by atoms with E-state index in [0.29, 0.717) is 24.3 Å². The first-order valence-electron chi connectivity index (χ1n) is 8.77. The van der Waals surface area contributed by atoms with Gasteiger partial charge in [0.25, 0.3) is 0 Å². The Balaban J connectivity index is 1.47. The first kappa shape index (κ1) is 17.4. The summed E-state index contributed by atoms with van der Waals surface area (Å²) in [5, 5.41) is 9.47. The number of carbonyl (C=O) groups excluding carboxylic acids is 1. The van der Waals surface area contributed by atoms with Crippen molar-refractivity contribution >= 4 is 6.03 Å². The van der Waals surface area contributed by atoms with Crippen LogP contribution in [0.1, 0.15) is 36.2 Å². The Bertz CT molecular complexity index is 715. The van der Waals surface area contributed by atoms with Crippen LogP contribution in [0.15, 0.2) is 28.8 Å². The van der Waals surface area contributed by atoms with E-state index >= 15 is 0 Å². The van der Waals surface area contributed by atoms with Crippen LogP contribution in [0.4, 0.5) is 4.79 Å². The Morgan fingerprint density at radius 1 is 1.32 bits per heavy atom. The minimum absolute atomic E-state index is 0.210. The zero-order valence-corrected chi connectivity index (χ0v) is 14.8. The Labute approximate surface area is 147 Å². The molecule has 0 spiro atoms. The van der Waals surface area contributed by atoms with Gasteiger partial charge >= 0.3 is 6.03 Å². The molecule has 2 N–H and O–H groups in total. The van der Waals surface area contributed by atoms with Crippen LogP contribution in [0.2, 0.25) is 0 Å². The van der Waals surface area contributed by atoms with Crippen LogP contribution in [0.3, 0.4) is 0 Å². The van der Waals surface area contributed by atoms with Crippen LogP contribution in [0, 0.1) is 6.92 Å². The van der Waals surface area contributed by atoms with Crippen molar-refractivity contribution < 1.29 is 9.32 Å². The summed E-state index contributed by atoms with van der Waals surface area (Å²) in [7, 11) is 0. The number of nitrogens with one attached hydrogen (secondary N) is 2. The highest BCUT2D eigenvalue weighted by Crippen LogP contribution is 2.21. The molecule has 1 aromatic heterocycles. The smallest absolute Gasteiger partial charge is 0.315 e. The van der Waals surface area contributed by atoms with E-state index in [4.69, 9.17) is 4.52 Å². The van der Waals surface area contributed by atoms with Crippen molar-refractivity contribution in [2.45, 2.75) is 45.8 Å². The summed E-state index contributed by atoms with van der Waals surface area (Å²) in [5.74, 6) is 0.973. The van der Waals surface area contributed by atoms with Crippen LogP contribution >= 0.6 is 0 Å². The fraction of sp³-hybridized carbons (Fsp3) is 0.500. The lowest BCUT2D eigenvalue weighted by Gasteiger charge is -2.35. The number of benzene rings is 1. The minimum atomic E-state index is -0.210. The second-order valence-electron chi connectivity index (χ2n) is 6.34. The molecule has 0 unspecified atom stereocenters. The molecule has 1 aliphatic heterocycles. The molecule has 0 fully saturated rings. The molecule has 7 heteroatoms. The van der Waals surface area contributed by atoms with Crippen molar-refractivity contribution in [2.24, 2.45) is 0 Å². The summed E-state index contributed by atoms with van der Waals surface area (Å²) >= 11 is 0. The van der Waals surface area contributed by atoms with E-state index in [-0.39, 0.29) is 12.6 Å². The lowest BCUT2D eigenvalue weighted by atomic mass is 9.98. The molecule has 0 saturated heterocycles. The van der Waals surface area contributed by atoms with Crippen LogP contribution in [-0.2, 0) is 19.5 Å². The molecule has 3 rings (SSSR count). The molecular formula is C18H25N5O2. The molecule has 0 bridgehead atoms. The van der Waals surface area contributed by atoms with Gasteiger partial charge in [0.2, 0.25) is 5.89 Å². The third kappa shape index (κ3) is 4.57. The molecule has 0 aliphatic carbocycles. The van der Waals surface area contributed by atoms with Crippen LogP contribution < -0.4 is 10.6 Å². The summed E-state index contributed by atoms with van der Waals surface area (Å²) in [6, 6.07) is 8.71. The van der Waals surface area contributed by atoms with Gasteiger partial charge in [-0.2, -0.15) is 4.98 Å². The molecule has 1 aromatic carbocycles. The zero-order chi connectivity index (χ0) is 17.6. The maximum atomic E-state index is 12.0. The molecule has 7 nitrogen and oxygen atoms in total. The Hall–Kier alpha value is -2.41. The predicted octanol–water partition coefficient (Wildman–Crippen LogP) is 2.01. The third-order valence-corrected chi connectivity index (χ3v) is 4.62. The van der Waals surface area contributed by atoms with Crippen molar-refractivity contribution in [3.8, 4) is 0 Å². The molecule has 1 aliphatic rings. The number of urea groups is 1. The van der Waals surface area contributed by atoms with Crippen molar-refractivity contribution in [1.29, 1.82) is 0 Å². The molecule has 0 saturated carbocycles. The second kappa shape index (κ2) is 8.11. The van der Waals surface area contributed by atoms with Crippen LogP contribution in [0.25, 0.3) is 0 Å². The third-order valence-electron chi connectivity index (χ3n) is 4.62. The Morgan fingerprint density at radius 2 is 2.12 bits per heavy atom. The SMILES string of the molecule is CC[C@H](CNC(=O)NCc1noc(C)n1)N1CCc2ccccc2C1. The van der Waals surface area contributed by atoms with Crippen molar-refractivity contribution in [3.05, 3.63) is 47.1 Å². The average Bonchev–Trinajstić information content (AvgIpc) is 3.05. The summed E-state index contributed by atoms with van der Waals surface area (Å²) in [6.07, 6.45) is 2.06. The molecule has 2 amide bonds. The number of hydrogen-bond acceptors (Lipinski definition) is 5. The summed E-state index contributed by atoms with van der Waals surface area (Å²) in [6.45, 7) is 6.74. The number of hydrogen-bond donors (Lipinski definition) is 2. The second-order valence-corrected chi connectivity index (χ2v) is 6.34. The fourth-order valence-corrected chi connectivity index (χ4v) is 3.21. The van der Waals surface area contributed by atoms with Gasteiger partial charge in [-0.15, -0.1) is 0 Å². The van der Waals surface area contributed by atoms with E-state index in [1.54, 1.807) is 6.92 Å². The van der Waals surface area contributed by atoms with Crippen molar-refractivity contribution in [3.63, 3.8) is 0 Å². The van der Waals surface area contributed by atoms with E-state index in [9.17, 15) is 4.79 Å². The standard InChI is InChI=1S/C18H25N5O2/c1-3-16(23-9-8-14-6-4-5-7-15(14)12-23)10-19-18(24)20-11-17-21-13(2)25-22-17/h4-7,16H,3,8-12H2,1-2H3,(H2,19,20,24)/t16-/m1/s1. The number of aryl methyl sites for hydroxylation is 1. The van der Waals surface area contributed by atoms with Crippen LogP contribution in [0.5, 0.6) is 0 Å². The monoisotopic (exact) mass is 343 g/mol. The van der Waals surface area contributed by atoms with Crippen LogP contribution in [-0.4, -0.2) is 40.2 Å². The molecule has 0 radical (unpaired) electrons. The van der Waals surface area contributed by atoms with Gasteiger partial charge in [0.1, 0.15) is 0 Å². The summed E-state index contributed by atoms with van der Waals surface area (Å²) in [5.41, 5.74) is 2.83. The summed E-state index contributed by atoms with van der Waals surface area (Å²) in [4.78, 5) is 18.5. The molecule has 1 atom stereocenters. The van der Waals surface area contributed by atoms with E-state index in [0.717, 1.165) is 25.9 Å². The molecule has 25 heavy (non-hydrogen) atoms. The van der Waals surface area contributed by atoms with Gasteiger partial charge in [-0.05, 0) is 24.0 Å². The number of rotatable bonds is 6.